The van der Waals surface area contributed by atoms with Gasteiger partial charge in [-0.1, -0.05) is 40.6 Å². The van der Waals surface area contributed by atoms with E-state index >= 15 is 0 Å². The molecule has 0 saturated carbocycles. The highest BCUT2D eigenvalue weighted by Gasteiger charge is 2.23. The molecule has 4 nitrogen and oxygen atoms in total. The molecule has 1 aromatic heterocycles. The van der Waals surface area contributed by atoms with Gasteiger partial charge >= 0.3 is 0 Å². The maximum Gasteiger partial charge on any atom is 0.285 e. The predicted octanol–water partition coefficient (Wildman–Crippen LogP) is 4.33. The summed E-state index contributed by atoms with van der Waals surface area (Å²) >= 11 is 18.7. The van der Waals surface area contributed by atoms with Crippen LogP contribution in [0.1, 0.15) is 28.3 Å². The number of carbonyl (C=O) groups is 1. The molecule has 20 heavy (non-hydrogen) atoms. The second-order valence-electron chi connectivity index (χ2n) is 4.12. The van der Waals surface area contributed by atoms with Crippen LogP contribution in [0.2, 0.25) is 14.5 Å². The lowest BCUT2D eigenvalue weighted by Gasteiger charge is -2.25. The van der Waals surface area contributed by atoms with Gasteiger partial charge in [0.2, 0.25) is 9.47 Å². The molecule has 0 radical (unpaired) electrons. The summed E-state index contributed by atoms with van der Waals surface area (Å²) in [6.07, 6.45) is 0. The van der Waals surface area contributed by atoms with Crippen molar-refractivity contribution in [2.45, 2.75) is 13.0 Å². The molecule has 0 spiro atoms. The number of rotatable bonds is 3. The van der Waals surface area contributed by atoms with Crippen LogP contribution < -0.4 is 0 Å². The van der Waals surface area contributed by atoms with E-state index in [9.17, 15) is 4.79 Å². The van der Waals surface area contributed by atoms with Gasteiger partial charge in [0.25, 0.3) is 5.91 Å². The standard InChI is InChI=1S/C12H10Cl3N3OS/c1-6(8-4-3-7(13)5-9(8)14)18(2)11(19)10-16-17-12(15)20-10/h3-6H,1-2H3. The summed E-state index contributed by atoms with van der Waals surface area (Å²) < 4.78 is 0.235. The molecular formula is C12H10Cl3N3OS. The molecule has 0 saturated heterocycles. The lowest BCUT2D eigenvalue weighted by Crippen LogP contribution is -2.29. The molecule has 0 bridgehead atoms. The van der Waals surface area contributed by atoms with Crippen LogP contribution >= 0.6 is 46.1 Å². The molecular weight excluding hydrogens is 341 g/mol. The molecule has 1 amide bonds. The Bertz CT molecular complexity index is 647. The fourth-order valence-electron chi connectivity index (χ4n) is 1.67. The third-order valence-electron chi connectivity index (χ3n) is 2.90. The number of nitrogens with zero attached hydrogens (tertiary/aromatic N) is 3. The molecule has 1 aromatic carbocycles. The molecule has 8 heteroatoms. The van der Waals surface area contributed by atoms with Crippen LogP contribution in [-0.4, -0.2) is 28.1 Å². The molecule has 1 unspecified atom stereocenters. The van der Waals surface area contributed by atoms with Gasteiger partial charge in [-0.15, -0.1) is 10.2 Å². The van der Waals surface area contributed by atoms with Crippen molar-refractivity contribution in [3.05, 3.63) is 43.3 Å². The van der Waals surface area contributed by atoms with Crippen molar-refractivity contribution in [3.63, 3.8) is 0 Å². The summed E-state index contributed by atoms with van der Waals surface area (Å²) in [6.45, 7) is 1.87. The fourth-order valence-corrected chi connectivity index (χ4v) is 3.05. The number of aromatic nitrogens is 2. The summed E-state index contributed by atoms with van der Waals surface area (Å²) in [5.41, 5.74) is 0.808. The summed E-state index contributed by atoms with van der Waals surface area (Å²) in [5.74, 6) is -0.257. The van der Waals surface area contributed by atoms with Crippen molar-refractivity contribution >= 4 is 52.0 Å². The Hall–Kier alpha value is -0.880. The van der Waals surface area contributed by atoms with Crippen LogP contribution in [0.15, 0.2) is 18.2 Å². The molecule has 2 aromatic rings. The SMILES string of the molecule is CC(c1ccc(Cl)cc1Cl)N(C)C(=O)c1nnc(Cl)s1. The first-order chi connectivity index (χ1) is 9.40. The molecule has 1 heterocycles. The van der Waals surface area contributed by atoms with Crippen molar-refractivity contribution < 1.29 is 4.79 Å². The second kappa shape index (κ2) is 6.26. The normalized spacial score (nSPS) is 12.2. The summed E-state index contributed by atoms with van der Waals surface area (Å²) in [4.78, 5) is 13.8. The number of halogens is 3. The van der Waals surface area contributed by atoms with Crippen molar-refractivity contribution in [2.75, 3.05) is 7.05 Å². The van der Waals surface area contributed by atoms with Crippen LogP contribution in [0.4, 0.5) is 0 Å². The van der Waals surface area contributed by atoms with E-state index in [1.807, 2.05) is 6.92 Å². The third kappa shape index (κ3) is 3.23. The number of carbonyl (C=O) groups excluding carboxylic acids is 1. The van der Waals surface area contributed by atoms with E-state index in [1.54, 1.807) is 25.2 Å². The van der Waals surface area contributed by atoms with Crippen LogP contribution in [0.25, 0.3) is 0 Å². The van der Waals surface area contributed by atoms with Crippen LogP contribution in [0, 0.1) is 0 Å². The Morgan fingerprint density at radius 1 is 1.30 bits per heavy atom. The topological polar surface area (TPSA) is 46.1 Å². The maximum absolute atomic E-state index is 12.3. The number of benzene rings is 1. The van der Waals surface area contributed by atoms with Crippen LogP contribution in [0.5, 0.6) is 0 Å². The Labute approximate surface area is 135 Å². The largest absolute Gasteiger partial charge is 0.333 e. The van der Waals surface area contributed by atoms with Gasteiger partial charge in [-0.25, -0.2) is 0 Å². The smallest absolute Gasteiger partial charge is 0.285 e. The van der Waals surface area contributed by atoms with E-state index in [0.29, 0.717) is 10.0 Å². The quantitative estimate of drug-likeness (QED) is 0.827. The zero-order valence-electron chi connectivity index (χ0n) is 10.6. The molecule has 1 atom stereocenters. The minimum absolute atomic E-state index is 0.227. The van der Waals surface area contributed by atoms with Gasteiger partial charge in [-0.2, -0.15) is 0 Å². The highest BCUT2D eigenvalue weighted by Crippen LogP contribution is 2.30. The zero-order chi connectivity index (χ0) is 14.9. The first kappa shape index (κ1) is 15.5. The fraction of sp³-hybridized carbons (Fsp3) is 0.250. The molecule has 106 valence electrons. The second-order valence-corrected chi connectivity index (χ2v) is 6.52. The monoisotopic (exact) mass is 349 g/mol. The van der Waals surface area contributed by atoms with Gasteiger partial charge in [-0.3, -0.25) is 4.79 Å². The van der Waals surface area contributed by atoms with Gasteiger partial charge in [-0.05, 0) is 36.2 Å². The van der Waals surface area contributed by atoms with E-state index in [-0.39, 0.29) is 21.4 Å². The Kier molecular flexibility index (Phi) is 4.86. The minimum Gasteiger partial charge on any atom is -0.333 e. The van der Waals surface area contributed by atoms with Crippen LogP contribution in [0.3, 0.4) is 0 Å². The van der Waals surface area contributed by atoms with Gasteiger partial charge < -0.3 is 4.90 Å². The third-order valence-corrected chi connectivity index (χ3v) is 4.47. The number of hydrogen-bond donors (Lipinski definition) is 0. The molecule has 0 fully saturated rings. The average Bonchev–Trinajstić information content (AvgIpc) is 2.83. The van der Waals surface area contributed by atoms with Crippen molar-refractivity contribution in [1.29, 1.82) is 0 Å². The molecule has 0 aliphatic heterocycles. The zero-order valence-corrected chi connectivity index (χ0v) is 13.7. The van der Waals surface area contributed by atoms with E-state index in [1.165, 1.54) is 4.90 Å². The van der Waals surface area contributed by atoms with E-state index in [2.05, 4.69) is 10.2 Å². The van der Waals surface area contributed by atoms with Crippen LogP contribution in [-0.2, 0) is 0 Å². The summed E-state index contributed by atoms with van der Waals surface area (Å²) in [6, 6.07) is 4.95. The minimum atomic E-state index is -0.257. The Morgan fingerprint density at radius 3 is 2.55 bits per heavy atom. The number of hydrogen-bond acceptors (Lipinski definition) is 4. The van der Waals surface area contributed by atoms with E-state index < -0.39 is 0 Å². The van der Waals surface area contributed by atoms with Gasteiger partial charge in [0.1, 0.15) is 0 Å². The summed E-state index contributed by atoms with van der Waals surface area (Å²) in [5, 5.41) is 8.68. The van der Waals surface area contributed by atoms with Crippen molar-refractivity contribution in [1.82, 2.24) is 15.1 Å². The summed E-state index contributed by atoms with van der Waals surface area (Å²) in [7, 11) is 1.67. The highest BCUT2D eigenvalue weighted by atomic mass is 35.5. The van der Waals surface area contributed by atoms with Gasteiger partial charge in [0.05, 0.1) is 6.04 Å². The molecule has 0 N–H and O–H groups in total. The predicted molar refractivity (Wildman–Crippen MR) is 81.9 cm³/mol. The maximum atomic E-state index is 12.3. The average molecular weight is 351 g/mol. The van der Waals surface area contributed by atoms with E-state index in [4.69, 9.17) is 34.8 Å². The first-order valence-electron chi connectivity index (χ1n) is 5.61. The van der Waals surface area contributed by atoms with Gasteiger partial charge in [0.15, 0.2) is 0 Å². The molecule has 0 aliphatic rings. The van der Waals surface area contributed by atoms with E-state index in [0.717, 1.165) is 16.9 Å². The Morgan fingerprint density at radius 2 is 2.00 bits per heavy atom. The van der Waals surface area contributed by atoms with Gasteiger partial charge in [0, 0.05) is 17.1 Å². The van der Waals surface area contributed by atoms with Crippen molar-refractivity contribution in [2.24, 2.45) is 0 Å². The molecule has 2 rings (SSSR count). The lowest BCUT2D eigenvalue weighted by molar-refractivity contribution is 0.0741. The van der Waals surface area contributed by atoms with Crippen molar-refractivity contribution in [3.8, 4) is 0 Å². The molecule has 0 aliphatic carbocycles. The highest BCUT2D eigenvalue weighted by molar-refractivity contribution is 7.17. The Balaban J connectivity index is 2.24. The first-order valence-corrected chi connectivity index (χ1v) is 7.56. The number of amides is 1. The lowest BCUT2D eigenvalue weighted by atomic mass is 10.1.